The lowest BCUT2D eigenvalue weighted by Crippen LogP contribution is -2.35. The number of ether oxygens (including phenoxy) is 8. The van der Waals surface area contributed by atoms with Crippen LogP contribution in [0.1, 0.15) is 55.4 Å². The van der Waals surface area contributed by atoms with Crippen LogP contribution in [0.25, 0.3) is 89.7 Å². The van der Waals surface area contributed by atoms with Gasteiger partial charge in [0.2, 0.25) is 40.1 Å². The van der Waals surface area contributed by atoms with E-state index in [0.29, 0.717) is 21.9 Å². The van der Waals surface area contributed by atoms with Gasteiger partial charge in [-0.15, -0.1) is 0 Å². The molecule has 8 bridgehead atoms. The van der Waals surface area contributed by atoms with Gasteiger partial charge in [-0.3, -0.25) is 0 Å². The fourth-order valence-corrected chi connectivity index (χ4v) is 13.7. The molecule has 474 valence electrons. The molecule has 0 amide bonds. The molecule has 88 heavy (non-hydrogen) atoms. The van der Waals surface area contributed by atoms with Gasteiger partial charge in [-0.2, -0.15) is 0 Å². The molecule has 2 aliphatic heterocycles. The predicted molar refractivity (Wildman–Crippen MR) is 325 cm³/mol. The summed E-state index contributed by atoms with van der Waals surface area (Å²) >= 11 is 0. The molecule has 0 spiro atoms. The Labute approximate surface area is 509 Å². The van der Waals surface area contributed by atoms with Crippen molar-refractivity contribution in [2.75, 3.05) is 79.0 Å². The normalized spacial score (nSPS) is 13.0. The summed E-state index contributed by atoms with van der Waals surface area (Å²) < 4.78 is 168. The highest BCUT2D eigenvalue weighted by atomic mass is 32.2. The van der Waals surface area contributed by atoms with Gasteiger partial charge < -0.3 is 47.9 Å². The standard InChI is InChI=1S/C56H70N12O16S4/c1-9-77-45(78-10-2)29-57-85(69,70)33-17-21-37-41(25-33)53-61-49(37)66-54-43-27-35(87(73,74)59-31-47(81-13-5)82-14-6)19-23-39(43)51(63-54)68-56-44-28-36(88(75,76)60-32-48(83-15-7)84-16-8)20-24-40(44)52(64-56)67-55-42-26-34(18-22-38(42)50(62-55)65-53)86(71,72)58-30-46(79-11-3)80-12-4/h17-28,45-48,57-60H,9-16,29-32H2,1-8H3,(H2,61,62,63,64,65,66,67,68). The van der Waals surface area contributed by atoms with Crippen molar-refractivity contribution in [2.24, 2.45) is 0 Å². The minimum Gasteiger partial charge on any atom is -0.352 e. The molecule has 2 aliphatic rings. The summed E-state index contributed by atoms with van der Waals surface area (Å²) in [5.74, 6) is -0.102. The van der Waals surface area contributed by atoms with Crippen LogP contribution in [0.2, 0.25) is 0 Å². The molecule has 0 aliphatic carbocycles. The number of benzene rings is 4. The van der Waals surface area contributed by atoms with E-state index in [4.69, 9.17) is 67.8 Å². The molecule has 32 heteroatoms. The molecule has 0 atom stereocenters. The first-order chi connectivity index (χ1) is 42.2. The molecule has 9 rings (SSSR count). The second-order valence-corrected chi connectivity index (χ2v) is 26.3. The number of nitrogens with one attached hydrogen (secondary N) is 6. The Morgan fingerprint density at radius 3 is 0.830 bits per heavy atom. The van der Waals surface area contributed by atoms with Crippen molar-refractivity contribution in [3.63, 3.8) is 0 Å². The summed E-state index contributed by atoms with van der Waals surface area (Å²) in [5.41, 5.74) is 1.25. The molecule has 7 aromatic rings. The van der Waals surface area contributed by atoms with E-state index in [-0.39, 0.29) is 166 Å². The highest BCUT2D eigenvalue weighted by Gasteiger charge is 2.29. The molecule has 5 heterocycles. The summed E-state index contributed by atoms with van der Waals surface area (Å²) in [6, 6.07) is 17.0. The first kappa shape index (κ1) is 66.0. The highest BCUT2D eigenvalue weighted by Crippen LogP contribution is 2.39. The maximum Gasteiger partial charge on any atom is 0.240 e. The average molecular weight is 1300 g/mol. The number of rotatable bonds is 32. The summed E-state index contributed by atoms with van der Waals surface area (Å²) in [6.07, 6.45) is -3.53. The zero-order chi connectivity index (χ0) is 63.0. The SMILES string of the molecule is CCOC(CNS(=O)(=O)c1ccc2c(c1)-c1nc-2nc2[nH]c(nc3nc(nc4[nH]c(n1)c1ccc(S(=O)(=O)NCC(OCC)OCC)cc41)-c1ccc(S(=O)(=O)NCC(OCC)OCC)cc1-3)c1ccc(S(=O)(=O)NCC(OCC)OCC)cc21)OCC. The van der Waals surface area contributed by atoms with Crippen molar-refractivity contribution in [3.8, 4) is 45.6 Å². The Morgan fingerprint density at radius 2 is 0.557 bits per heavy atom. The fraction of sp³-hybridized carbons (Fsp3) is 0.429. The molecule has 3 aromatic heterocycles. The molecule has 0 radical (unpaired) electrons. The van der Waals surface area contributed by atoms with Crippen LogP contribution in [0.3, 0.4) is 0 Å². The lowest BCUT2D eigenvalue weighted by molar-refractivity contribution is -0.130. The van der Waals surface area contributed by atoms with Crippen LogP contribution in [-0.2, 0) is 78.0 Å². The third kappa shape index (κ3) is 14.9. The second-order valence-electron chi connectivity index (χ2n) is 19.2. The zero-order valence-electron chi connectivity index (χ0n) is 49.6. The molecular formula is C56H70N12O16S4. The Balaban J connectivity index is 1.32. The van der Waals surface area contributed by atoms with E-state index >= 15 is 0 Å². The molecule has 0 saturated carbocycles. The van der Waals surface area contributed by atoms with Crippen LogP contribution in [0, 0.1) is 0 Å². The fourth-order valence-electron chi connectivity index (χ4n) is 9.57. The first-order valence-corrected chi connectivity index (χ1v) is 34.4. The molecular weight excluding hydrogens is 1220 g/mol. The van der Waals surface area contributed by atoms with Crippen molar-refractivity contribution < 1.29 is 71.6 Å². The van der Waals surface area contributed by atoms with Crippen molar-refractivity contribution in [3.05, 3.63) is 72.8 Å². The van der Waals surface area contributed by atoms with Crippen LogP contribution in [0.5, 0.6) is 0 Å². The highest BCUT2D eigenvalue weighted by molar-refractivity contribution is 7.90. The van der Waals surface area contributed by atoms with Crippen LogP contribution >= 0.6 is 0 Å². The summed E-state index contributed by atoms with van der Waals surface area (Å²) in [7, 11) is -17.1. The largest absolute Gasteiger partial charge is 0.352 e. The number of fused-ring (bicyclic) bond motifs is 20. The predicted octanol–water partition coefficient (Wildman–Crippen LogP) is 5.58. The maximum atomic E-state index is 14.1. The molecule has 0 saturated heterocycles. The number of H-pyrrole nitrogens is 2. The van der Waals surface area contributed by atoms with E-state index in [1.807, 2.05) is 0 Å². The maximum absolute atomic E-state index is 14.1. The lowest BCUT2D eigenvalue weighted by atomic mass is 10.1. The zero-order valence-corrected chi connectivity index (χ0v) is 52.8. The van der Waals surface area contributed by atoms with Gasteiger partial charge in [0.15, 0.2) is 48.5 Å². The molecule has 28 nitrogen and oxygen atoms in total. The minimum absolute atomic E-state index is 0.00191. The molecule has 6 N–H and O–H groups in total. The van der Waals surface area contributed by atoms with Gasteiger partial charge >= 0.3 is 0 Å². The summed E-state index contributed by atoms with van der Waals surface area (Å²) in [5, 5.41) is 1.11. The van der Waals surface area contributed by atoms with E-state index < -0.39 is 65.3 Å². The quantitative estimate of drug-likeness (QED) is 0.0280. The number of aromatic amines is 2. The Morgan fingerprint density at radius 1 is 0.318 bits per heavy atom. The van der Waals surface area contributed by atoms with E-state index in [2.05, 4.69) is 28.9 Å². The third-order valence-corrected chi connectivity index (χ3v) is 19.2. The number of nitrogens with zero attached hydrogens (tertiary/aromatic N) is 6. The lowest BCUT2D eigenvalue weighted by Gasteiger charge is -2.17. The van der Waals surface area contributed by atoms with Gasteiger partial charge in [0.1, 0.15) is 22.6 Å². The van der Waals surface area contributed by atoms with E-state index in [9.17, 15) is 33.7 Å². The summed E-state index contributed by atoms with van der Waals surface area (Å²) in [4.78, 5) is 35.5. The second kappa shape index (κ2) is 28.6. The Kier molecular flexibility index (Phi) is 21.4. The van der Waals surface area contributed by atoms with Crippen LogP contribution in [0.4, 0.5) is 0 Å². The van der Waals surface area contributed by atoms with Crippen molar-refractivity contribution in [2.45, 2.75) is 100 Å². The van der Waals surface area contributed by atoms with Crippen molar-refractivity contribution in [1.29, 1.82) is 0 Å². The monoisotopic (exact) mass is 1290 g/mol. The van der Waals surface area contributed by atoms with Crippen molar-refractivity contribution >= 4 is 84.2 Å². The van der Waals surface area contributed by atoms with Gasteiger partial charge in [0, 0.05) is 96.7 Å². The van der Waals surface area contributed by atoms with Gasteiger partial charge in [-0.25, -0.2) is 82.5 Å². The van der Waals surface area contributed by atoms with Gasteiger partial charge in [-0.05, 0) is 128 Å². The van der Waals surface area contributed by atoms with Crippen LogP contribution < -0.4 is 18.9 Å². The van der Waals surface area contributed by atoms with Gasteiger partial charge in [0.05, 0.1) is 45.8 Å². The topological polar surface area (TPSA) is 367 Å². The van der Waals surface area contributed by atoms with E-state index in [1.54, 1.807) is 55.4 Å². The minimum atomic E-state index is -4.28. The average Bonchev–Trinajstić information content (AvgIpc) is 1.65. The third-order valence-electron chi connectivity index (χ3n) is 13.5. The number of hydrogen-bond donors (Lipinski definition) is 6. The number of hydrogen-bond acceptors (Lipinski definition) is 22. The molecule has 0 unspecified atom stereocenters. The van der Waals surface area contributed by atoms with Gasteiger partial charge in [-0.1, -0.05) is 0 Å². The van der Waals surface area contributed by atoms with E-state index in [0.717, 1.165) is 0 Å². The van der Waals surface area contributed by atoms with Gasteiger partial charge in [0.25, 0.3) is 0 Å². The first-order valence-electron chi connectivity index (χ1n) is 28.5. The van der Waals surface area contributed by atoms with E-state index in [1.165, 1.54) is 72.8 Å². The van der Waals surface area contributed by atoms with Crippen LogP contribution in [-0.4, -0.2) is 178 Å². The van der Waals surface area contributed by atoms with Crippen LogP contribution in [0.15, 0.2) is 92.4 Å². The molecule has 0 fully saturated rings. The smallest absolute Gasteiger partial charge is 0.240 e. The molecule has 4 aromatic carbocycles. The van der Waals surface area contributed by atoms with Crippen molar-refractivity contribution in [1.82, 2.24) is 58.8 Å². The summed E-state index contributed by atoms with van der Waals surface area (Å²) in [6.45, 7) is 15.2. The number of sulfonamides is 4. The Hall–Kier alpha value is -6.44. The Bertz CT molecular complexity index is 4030. The number of aromatic nitrogens is 8.